The van der Waals surface area contributed by atoms with Crippen LogP contribution in [0.25, 0.3) is 32.3 Å². The molecule has 0 aliphatic rings. The average molecular weight is 530 g/mol. The molecule has 0 heterocycles. The Kier molecular flexibility index (Phi) is 14.1. The molecule has 0 amide bonds. The second-order valence-corrected chi connectivity index (χ2v) is 8.01. The van der Waals surface area contributed by atoms with Crippen LogP contribution >= 0.6 is 0 Å². The number of fused-ring (bicyclic) bond motifs is 4. The number of anilines is 2. The van der Waals surface area contributed by atoms with Crippen molar-refractivity contribution in [3.05, 3.63) is 98.8 Å². The summed E-state index contributed by atoms with van der Waals surface area (Å²) in [6.07, 6.45) is 0. The molecule has 0 fully saturated rings. The van der Waals surface area contributed by atoms with Crippen LogP contribution in [0.2, 0.25) is 0 Å². The summed E-state index contributed by atoms with van der Waals surface area (Å²) in [5.41, 5.74) is 2.49. The zero-order chi connectivity index (χ0) is 27.3. The van der Waals surface area contributed by atoms with Crippen molar-refractivity contribution in [2.24, 2.45) is 0 Å². The topological polar surface area (TPSA) is 26.7 Å². The second-order valence-electron chi connectivity index (χ2n) is 8.01. The van der Waals surface area contributed by atoms with E-state index in [-0.39, 0.29) is 0 Å². The van der Waals surface area contributed by atoms with Gasteiger partial charge >= 0.3 is 26.8 Å². The van der Waals surface area contributed by atoms with Gasteiger partial charge in [0.1, 0.15) is 5.75 Å². The second kappa shape index (κ2) is 16.2. The van der Waals surface area contributed by atoms with Gasteiger partial charge in [0.15, 0.2) is 0 Å². The number of nitrogens with zero attached hydrogens (tertiary/aromatic N) is 2. The van der Waals surface area contributed by atoms with E-state index in [1.165, 1.54) is 32.9 Å². The normalized spacial score (nSPS) is 9.42. The third kappa shape index (κ3) is 8.19. The number of hydrogen-bond acceptors (Lipinski definition) is 3. The van der Waals surface area contributed by atoms with Crippen LogP contribution in [0, 0.1) is 13.8 Å². The van der Waals surface area contributed by atoms with E-state index < -0.39 is 0 Å². The first-order valence-corrected chi connectivity index (χ1v) is 14.6. The van der Waals surface area contributed by atoms with E-state index in [1.807, 2.05) is 30.3 Å². The van der Waals surface area contributed by atoms with Gasteiger partial charge in [-0.25, -0.2) is 0 Å². The fraction of sp³-hybridized carbons (Fsp3) is 0.194. The zero-order valence-corrected chi connectivity index (χ0v) is 24.9. The van der Waals surface area contributed by atoms with Crippen LogP contribution in [0.5, 0.6) is 5.75 Å². The molecule has 0 spiro atoms. The molecule has 5 rings (SSSR count). The summed E-state index contributed by atoms with van der Waals surface area (Å²) in [5, 5.41) is 16.7. The quantitative estimate of drug-likeness (QED) is 0.188. The molecule has 0 saturated carbocycles. The summed E-state index contributed by atoms with van der Waals surface area (Å²) in [5.74, 6) is 0.323. The third-order valence-corrected chi connectivity index (χ3v) is 5.44. The Hall–Kier alpha value is -2.66. The Balaban J connectivity index is 0.000000325. The van der Waals surface area contributed by atoms with E-state index in [1.54, 1.807) is 45.2 Å². The summed E-state index contributed by atoms with van der Waals surface area (Å²) < 4.78 is 0. The summed E-state index contributed by atoms with van der Waals surface area (Å²) in [6, 6.07) is 28.9. The molecule has 0 aliphatic carbocycles. The summed E-state index contributed by atoms with van der Waals surface area (Å²) in [4.78, 5) is 4.29. The maximum atomic E-state index is 9.13. The minimum atomic E-state index is 0.323. The molecular formula is C31H37N2OSiTi-3. The van der Waals surface area contributed by atoms with E-state index >= 15 is 0 Å². The molecule has 0 aromatic heterocycles. The first kappa shape index (κ1) is 31.4. The molecule has 0 aliphatic heterocycles. The molecule has 5 aromatic carbocycles. The van der Waals surface area contributed by atoms with Crippen molar-refractivity contribution in [2.45, 2.75) is 13.8 Å². The zero-order valence-electron chi connectivity index (χ0n) is 22.3. The number of phenolic OH excluding ortho intramolecular Hbond substituents is 1. The van der Waals surface area contributed by atoms with E-state index in [9.17, 15) is 0 Å². The SMILES string of the molecule is CN(C)c1ccc2[cH-]c3ccc(N(C)C)cc3c2c1.Oc1ccc2ccccc2c1.[CH2-]C.[CH2-]C.[Si]=[Ti]. The fourth-order valence-electron chi connectivity index (χ4n) is 3.71. The van der Waals surface area contributed by atoms with E-state index in [0.29, 0.717) is 5.75 Å². The Morgan fingerprint density at radius 3 is 1.53 bits per heavy atom. The van der Waals surface area contributed by atoms with Crippen molar-refractivity contribution in [3.63, 3.8) is 0 Å². The Bertz CT molecular complexity index is 1280. The standard InChI is InChI=1S/C17H19N2.C10H8O.2C2H5.Si.Ti/c1-18(2)14-7-5-12-9-13-6-8-15(19(3)4)11-17(13)16(12)10-14;11-10-6-5-8-3-1-2-4-9(8)7-10;2*1-2;;/h5-11H,1-4H3;1-7,11H;2*1H2,2H3;;/q-1;;2*-1;;. The van der Waals surface area contributed by atoms with Crippen LogP contribution in [0.3, 0.4) is 0 Å². The summed E-state index contributed by atoms with van der Waals surface area (Å²) in [6.45, 7) is 10.0. The van der Waals surface area contributed by atoms with Crippen molar-refractivity contribution in [2.75, 3.05) is 38.0 Å². The van der Waals surface area contributed by atoms with Crippen molar-refractivity contribution < 1.29 is 24.3 Å². The Labute approximate surface area is 231 Å². The van der Waals surface area contributed by atoms with Crippen LogP contribution in [0.1, 0.15) is 13.8 Å². The predicted molar refractivity (Wildman–Crippen MR) is 159 cm³/mol. The van der Waals surface area contributed by atoms with Crippen molar-refractivity contribution in [1.29, 1.82) is 0 Å². The van der Waals surface area contributed by atoms with Gasteiger partial charge in [0, 0.05) is 39.6 Å². The molecule has 36 heavy (non-hydrogen) atoms. The maximum absolute atomic E-state index is 9.13. The first-order valence-electron chi connectivity index (χ1n) is 11.7. The number of phenols is 1. The number of rotatable bonds is 2. The van der Waals surface area contributed by atoms with Crippen molar-refractivity contribution in [1.82, 2.24) is 0 Å². The van der Waals surface area contributed by atoms with Gasteiger partial charge in [0.05, 0.1) is 0 Å². The van der Waals surface area contributed by atoms with Crippen molar-refractivity contribution in [3.8, 4) is 5.75 Å². The van der Waals surface area contributed by atoms with Gasteiger partial charge in [-0.1, -0.05) is 54.6 Å². The molecule has 0 bridgehead atoms. The van der Waals surface area contributed by atoms with Crippen LogP contribution < -0.4 is 9.80 Å². The molecule has 0 unspecified atom stereocenters. The summed E-state index contributed by atoms with van der Waals surface area (Å²) >= 11 is 1.81. The number of aromatic hydroxyl groups is 1. The molecule has 2 radical (unpaired) electrons. The van der Waals surface area contributed by atoms with E-state index in [4.69, 9.17) is 5.11 Å². The molecule has 5 aromatic rings. The first-order chi connectivity index (χ1) is 17.4. The van der Waals surface area contributed by atoms with E-state index in [0.717, 1.165) is 10.8 Å². The molecule has 0 atom stereocenters. The average Bonchev–Trinajstić information content (AvgIpc) is 3.29. The van der Waals surface area contributed by atoms with Gasteiger partial charge in [-0.15, -0.1) is 39.7 Å². The number of hydrogen-bond donors (Lipinski definition) is 1. The van der Waals surface area contributed by atoms with Crippen LogP contribution in [-0.2, 0) is 19.2 Å². The van der Waals surface area contributed by atoms with Crippen LogP contribution in [0.4, 0.5) is 11.4 Å². The molecule has 1 N–H and O–H groups in total. The Morgan fingerprint density at radius 2 is 1.08 bits per heavy atom. The monoisotopic (exact) mass is 529 g/mol. The molecular weight excluding hydrogens is 492 g/mol. The minimum absolute atomic E-state index is 0.323. The van der Waals surface area contributed by atoms with Gasteiger partial charge in [-0.3, -0.25) is 0 Å². The van der Waals surface area contributed by atoms with Gasteiger partial charge in [0.2, 0.25) is 0 Å². The van der Waals surface area contributed by atoms with Crippen LogP contribution in [0.15, 0.2) is 84.9 Å². The van der Waals surface area contributed by atoms with Gasteiger partial charge < -0.3 is 28.8 Å². The Morgan fingerprint density at radius 1 is 0.639 bits per heavy atom. The molecule has 0 saturated heterocycles. The van der Waals surface area contributed by atoms with Gasteiger partial charge in [-0.2, -0.15) is 13.8 Å². The fourth-order valence-corrected chi connectivity index (χ4v) is 3.71. The summed E-state index contributed by atoms with van der Waals surface area (Å²) in [7, 11) is 11.3. The van der Waals surface area contributed by atoms with Crippen molar-refractivity contribution >= 4 is 51.3 Å². The third-order valence-electron chi connectivity index (χ3n) is 5.44. The van der Waals surface area contributed by atoms with Gasteiger partial charge in [-0.05, 0) is 22.9 Å². The molecule has 3 nitrogen and oxygen atoms in total. The van der Waals surface area contributed by atoms with Gasteiger partial charge in [0.25, 0.3) is 0 Å². The molecule has 188 valence electrons. The predicted octanol–water partition coefficient (Wildman–Crippen LogP) is 7.69. The van der Waals surface area contributed by atoms with Crippen LogP contribution in [-0.4, -0.2) is 40.9 Å². The number of benzene rings is 4. The molecule has 5 heteroatoms. The van der Waals surface area contributed by atoms with E-state index in [2.05, 4.69) is 102 Å².